The van der Waals surface area contributed by atoms with E-state index in [0.717, 1.165) is 38.5 Å². The second-order valence-electron chi connectivity index (χ2n) is 6.32. The molecule has 0 heterocycles. The van der Waals surface area contributed by atoms with Gasteiger partial charge in [-0.1, -0.05) is 53.4 Å². The van der Waals surface area contributed by atoms with Crippen molar-refractivity contribution in [3.8, 4) is 0 Å². The second kappa shape index (κ2) is 22.8. The third kappa shape index (κ3) is 33.4. The lowest BCUT2D eigenvalue weighted by atomic mass is 10.1. The van der Waals surface area contributed by atoms with Crippen LogP contribution in [0.5, 0.6) is 0 Å². The van der Waals surface area contributed by atoms with Crippen LogP contribution in [-0.4, -0.2) is 56.4 Å². The molecule has 2 unspecified atom stereocenters. The van der Waals surface area contributed by atoms with Gasteiger partial charge in [0.05, 0.1) is 0 Å². The second-order valence-corrected chi connectivity index (χ2v) is 6.32. The normalized spacial score (nSPS) is 13.0. The third-order valence-electron chi connectivity index (χ3n) is 3.69. The molecule has 6 N–H and O–H groups in total. The average molecular weight is 355 g/mol. The number of unbranched alkanes of at least 4 members (excludes halogenated alkanes) is 3. The molecule has 0 aromatic rings. The Labute approximate surface area is 148 Å². The predicted octanol–water partition coefficient (Wildman–Crippen LogP) is 2.00. The number of rotatable bonds is 11. The van der Waals surface area contributed by atoms with Gasteiger partial charge in [0.25, 0.3) is 0 Å². The maximum absolute atomic E-state index is 8.41. The van der Waals surface area contributed by atoms with Crippen molar-refractivity contribution < 1.29 is 30.6 Å². The highest BCUT2D eigenvalue weighted by molar-refractivity contribution is 4.49. The number of hydrogen-bond acceptors (Lipinski definition) is 6. The highest BCUT2D eigenvalue weighted by Crippen LogP contribution is 2.07. The molecular weight excluding hydrogens is 312 g/mol. The maximum Gasteiger partial charge on any atom is 0.151 e. The lowest BCUT2D eigenvalue weighted by molar-refractivity contribution is -0.0554. The minimum Gasteiger partial charge on any atom is -0.396 e. The minimum atomic E-state index is -1.12. The largest absolute Gasteiger partial charge is 0.396 e. The molecule has 0 aliphatic carbocycles. The van der Waals surface area contributed by atoms with Crippen LogP contribution in [0, 0.1) is 11.8 Å². The molecule has 6 nitrogen and oxygen atoms in total. The molecule has 0 saturated heterocycles. The number of aliphatic hydroxyl groups is 6. The van der Waals surface area contributed by atoms with E-state index in [9.17, 15) is 0 Å². The summed E-state index contributed by atoms with van der Waals surface area (Å²) in [5, 5.41) is 50.2. The Morgan fingerprint density at radius 1 is 0.583 bits per heavy atom. The molecular formula is C18H42O6. The van der Waals surface area contributed by atoms with Gasteiger partial charge in [-0.15, -0.1) is 0 Å². The summed E-state index contributed by atoms with van der Waals surface area (Å²) in [4.78, 5) is 0. The Morgan fingerprint density at radius 3 is 1.00 bits per heavy atom. The highest BCUT2D eigenvalue weighted by atomic mass is 16.5. The van der Waals surface area contributed by atoms with Crippen molar-refractivity contribution in [2.24, 2.45) is 11.8 Å². The summed E-state index contributed by atoms with van der Waals surface area (Å²) in [6.07, 6.45) is 4.60. The summed E-state index contributed by atoms with van der Waals surface area (Å²) in [5.41, 5.74) is 0. The van der Waals surface area contributed by atoms with Crippen molar-refractivity contribution in [1.29, 1.82) is 0 Å². The lowest BCUT2D eigenvalue weighted by Crippen LogP contribution is -2.09. The zero-order chi connectivity index (χ0) is 19.4. The first kappa shape index (κ1) is 28.6. The van der Waals surface area contributed by atoms with E-state index >= 15 is 0 Å². The highest BCUT2D eigenvalue weighted by Gasteiger charge is 2.03. The van der Waals surface area contributed by atoms with Gasteiger partial charge in [-0.3, -0.25) is 0 Å². The zero-order valence-electron chi connectivity index (χ0n) is 16.1. The molecule has 2 atom stereocenters. The molecule has 0 aliphatic rings. The predicted molar refractivity (Wildman–Crippen MR) is 97.2 cm³/mol. The van der Waals surface area contributed by atoms with Gasteiger partial charge < -0.3 is 30.6 Å². The van der Waals surface area contributed by atoms with Gasteiger partial charge in [0.15, 0.2) is 12.6 Å². The lowest BCUT2D eigenvalue weighted by Gasteiger charge is -2.08. The molecule has 0 aromatic heterocycles. The molecule has 24 heavy (non-hydrogen) atoms. The SMILES string of the molecule is CCC(C)CC(O)O.CCC(C)CC(O)O.OCCCCCCO. The van der Waals surface area contributed by atoms with E-state index in [4.69, 9.17) is 30.6 Å². The molecule has 6 heteroatoms. The molecule has 0 fully saturated rings. The van der Waals surface area contributed by atoms with Crippen LogP contribution < -0.4 is 0 Å². The smallest absolute Gasteiger partial charge is 0.151 e. The van der Waals surface area contributed by atoms with Crippen LogP contribution in [0.1, 0.15) is 79.1 Å². The molecule has 0 aliphatic heterocycles. The summed E-state index contributed by atoms with van der Waals surface area (Å²) >= 11 is 0. The Hall–Kier alpha value is -0.240. The van der Waals surface area contributed by atoms with Crippen molar-refractivity contribution in [3.63, 3.8) is 0 Å². The fourth-order valence-electron chi connectivity index (χ4n) is 1.63. The summed E-state index contributed by atoms with van der Waals surface area (Å²) in [6, 6.07) is 0. The van der Waals surface area contributed by atoms with Gasteiger partial charge in [-0.25, -0.2) is 0 Å². The Bertz CT molecular complexity index is 190. The van der Waals surface area contributed by atoms with E-state index in [1.165, 1.54) is 0 Å². The monoisotopic (exact) mass is 354 g/mol. The van der Waals surface area contributed by atoms with Crippen molar-refractivity contribution >= 4 is 0 Å². The average Bonchev–Trinajstić information content (AvgIpc) is 2.51. The van der Waals surface area contributed by atoms with Crippen molar-refractivity contribution in [3.05, 3.63) is 0 Å². The fraction of sp³-hybridized carbons (Fsp3) is 1.00. The van der Waals surface area contributed by atoms with Crippen LogP contribution in [-0.2, 0) is 0 Å². The molecule has 0 bridgehead atoms. The van der Waals surface area contributed by atoms with Crippen molar-refractivity contribution in [1.82, 2.24) is 0 Å². The Morgan fingerprint density at radius 2 is 0.875 bits per heavy atom. The van der Waals surface area contributed by atoms with Gasteiger partial charge >= 0.3 is 0 Å². The molecule has 150 valence electrons. The summed E-state index contributed by atoms with van der Waals surface area (Å²) < 4.78 is 0. The van der Waals surface area contributed by atoms with Crippen LogP contribution >= 0.6 is 0 Å². The Kier molecular flexibility index (Phi) is 27.1. The number of hydrogen-bond donors (Lipinski definition) is 6. The molecule has 0 aromatic carbocycles. The minimum absolute atomic E-state index is 0.283. The summed E-state index contributed by atoms with van der Waals surface area (Å²) in [7, 11) is 0. The van der Waals surface area contributed by atoms with Gasteiger partial charge in [-0.2, -0.15) is 0 Å². The van der Waals surface area contributed by atoms with Gasteiger partial charge in [0.2, 0.25) is 0 Å². The van der Waals surface area contributed by atoms with E-state index in [1.807, 2.05) is 27.7 Å². The summed E-state index contributed by atoms with van der Waals surface area (Å²) in [5.74, 6) is 0.852. The quantitative estimate of drug-likeness (QED) is 0.249. The topological polar surface area (TPSA) is 121 Å². The van der Waals surface area contributed by atoms with E-state index in [0.29, 0.717) is 24.7 Å². The van der Waals surface area contributed by atoms with Gasteiger partial charge in [0, 0.05) is 26.1 Å². The first-order valence-corrected chi connectivity index (χ1v) is 9.18. The van der Waals surface area contributed by atoms with E-state index in [2.05, 4.69) is 0 Å². The molecule has 0 spiro atoms. The van der Waals surface area contributed by atoms with Crippen molar-refractivity contribution in [2.75, 3.05) is 13.2 Å². The zero-order valence-corrected chi connectivity index (χ0v) is 16.1. The van der Waals surface area contributed by atoms with Crippen molar-refractivity contribution in [2.45, 2.75) is 91.6 Å². The molecule has 0 radical (unpaired) electrons. The van der Waals surface area contributed by atoms with E-state index in [1.54, 1.807) is 0 Å². The van der Waals surface area contributed by atoms with Gasteiger partial charge in [-0.05, 0) is 24.7 Å². The molecule has 0 amide bonds. The van der Waals surface area contributed by atoms with Crippen LogP contribution in [0.15, 0.2) is 0 Å². The first-order valence-electron chi connectivity index (χ1n) is 9.18. The standard InChI is InChI=1S/3C6H14O2/c2*1-3-5(2)4-6(7)8;7-5-3-1-2-4-6-8/h2*5-8H,3-4H2,1-2H3;7-8H,1-6H2. The molecule has 0 saturated carbocycles. The van der Waals surface area contributed by atoms with Crippen LogP contribution in [0.2, 0.25) is 0 Å². The molecule has 0 rings (SSSR count). The fourth-order valence-corrected chi connectivity index (χ4v) is 1.63. The van der Waals surface area contributed by atoms with Crippen LogP contribution in [0.25, 0.3) is 0 Å². The van der Waals surface area contributed by atoms with E-state index < -0.39 is 12.6 Å². The third-order valence-corrected chi connectivity index (χ3v) is 3.69. The Balaban J connectivity index is -0.000000276. The first-order chi connectivity index (χ1) is 11.2. The van der Waals surface area contributed by atoms with E-state index in [-0.39, 0.29) is 13.2 Å². The van der Waals surface area contributed by atoms with Gasteiger partial charge in [0.1, 0.15) is 0 Å². The van der Waals surface area contributed by atoms with Crippen LogP contribution in [0.4, 0.5) is 0 Å². The summed E-state index contributed by atoms with van der Waals surface area (Å²) in [6.45, 7) is 8.63. The maximum atomic E-state index is 8.41. The number of aliphatic hydroxyl groups excluding tert-OH is 4. The van der Waals surface area contributed by atoms with Crippen LogP contribution in [0.3, 0.4) is 0 Å².